The molecule has 0 aliphatic rings. The molecule has 0 aliphatic heterocycles. The van der Waals surface area contributed by atoms with Crippen molar-refractivity contribution in [3.8, 4) is 0 Å². The zero-order valence-electron chi connectivity index (χ0n) is 29.2. The largest absolute Gasteiger partial charge is 0.370 e. The Kier molecular flexibility index (Phi) is 16.0. The standard InChI is InChI=1S/C40H53N9/c1-3-48(30-33-14-7-5-8-15-33)28-12-11-26-43-39(41)35-18-22-37(23-19-35)45-32-46-47-38-24-20-36(21-25-38)40(42)44-27-13-29-49(4-2)31-34-16-9-6-10-17-34/h5-10,14-25,45H,3-4,11-13,26-32H2,1-2H3,(H2,41,43)(H2,42,44)/b47-46+. The van der Waals surface area contributed by atoms with Crippen LogP contribution in [0.15, 0.2) is 119 Å². The Bertz CT molecular complexity index is 1540. The molecule has 0 unspecified atom stereocenters. The van der Waals surface area contributed by atoms with Gasteiger partial charge in [0.15, 0.2) is 0 Å². The summed E-state index contributed by atoms with van der Waals surface area (Å²) in [5.41, 5.74) is 6.03. The molecule has 0 saturated carbocycles. The lowest BCUT2D eigenvalue weighted by molar-refractivity contribution is 0.274. The van der Waals surface area contributed by atoms with Gasteiger partial charge in [0.1, 0.15) is 18.3 Å². The van der Waals surface area contributed by atoms with Crippen LogP contribution < -0.4 is 16.0 Å². The molecular formula is C40H53N9. The summed E-state index contributed by atoms with van der Waals surface area (Å²) in [4.78, 5) is 4.89. The van der Waals surface area contributed by atoms with Crippen LogP contribution >= 0.6 is 0 Å². The Hall–Kier alpha value is -4.86. The molecule has 0 fully saturated rings. The molecule has 4 aromatic carbocycles. The van der Waals surface area contributed by atoms with Crippen LogP contribution in [0, 0.1) is 10.8 Å². The molecule has 49 heavy (non-hydrogen) atoms. The summed E-state index contributed by atoms with van der Waals surface area (Å²) in [6.07, 6.45) is 3.09. The predicted octanol–water partition coefficient (Wildman–Crippen LogP) is 7.88. The molecule has 0 aromatic heterocycles. The van der Waals surface area contributed by atoms with Crippen molar-refractivity contribution in [2.45, 2.75) is 46.2 Å². The topological polar surface area (TPSA) is 115 Å². The minimum atomic E-state index is 0.340. The number of nitrogens with one attached hydrogen (secondary N) is 5. The van der Waals surface area contributed by atoms with Crippen LogP contribution in [0.4, 0.5) is 11.4 Å². The third-order valence-corrected chi connectivity index (χ3v) is 8.42. The highest BCUT2D eigenvalue weighted by molar-refractivity contribution is 5.97. The first-order valence-corrected chi connectivity index (χ1v) is 17.5. The quantitative estimate of drug-likeness (QED) is 0.0270. The van der Waals surface area contributed by atoms with Gasteiger partial charge in [-0.2, -0.15) is 10.2 Å². The maximum absolute atomic E-state index is 8.41. The van der Waals surface area contributed by atoms with Crippen molar-refractivity contribution in [1.82, 2.24) is 20.4 Å². The SMILES string of the molecule is CCN(CCCCNC(=N)c1ccc(NC/N=N/c2ccc(C(=N)NCCCN(CC)Cc3ccccc3)cc2)cc1)Cc1ccccc1. The van der Waals surface area contributed by atoms with Crippen molar-refractivity contribution in [2.75, 3.05) is 51.3 Å². The van der Waals surface area contributed by atoms with E-state index in [9.17, 15) is 0 Å². The summed E-state index contributed by atoms with van der Waals surface area (Å²) in [5.74, 6) is 0.859. The van der Waals surface area contributed by atoms with Crippen LogP contribution in [0.3, 0.4) is 0 Å². The fraction of sp³-hybridized carbons (Fsp3) is 0.350. The summed E-state index contributed by atoms with van der Waals surface area (Å²) in [7, 11) is 0. The van der Waals surface area contributed by atoms with Gasteiger partial charge in [0, 0.05) is 49.5 Å². The van der Waals surface area contributed by atoms with Gasteiger partial charge >= 0.3 is 0 Å². The number of amidine groups is 2. The Morgan fingerprint density at radius 3 is 1.61 bits per heavy atom. The van der Waals surface area contributed by atoms with Crippen molar-refractivity contribution >= 4 is 23.0 Å². The third kappa shape index (κ3) is 13.6. The van der Waals surface area contributed by atoms with Crippen molar-refractivity contribution in [1.29, 1.82) is 10.8 Å². The highest BCUT2D eigenvalue weighted by Gasteiger charge is 2.06. The van der Waals surface area contributed by atoms with E-state index in [2.05, 4.69) is 104 Å². The molecule has 0 atom stereocenters. The van der Waals surface area contributed by atoms with Gasteiger partial charge in [0.05, 0.1) is 5.69 Å². The van der Waals surface area contributed by atoms with Gasteiger partial charge in [-0.15, -0.1) is 0 Å². The Morgan fingerprint density at radius 2 is 1.08 bits per heavy atom. The van der Waals surface area contributed by atoms with Gasteiger partial charge in [0.25, 0.3) is 0 Å². The molecule has 4 rings (SSSR count). The molecule has 9 heteroatoms. The molecule has 0 amide bonds. The Balaban J connectivity index is 1.08. The normalized spacial score (nSPS) is 11.3. The molecule has 4 aromatic rings. The zero-order valence-corrected chi connectivity index (χ0v) is 29.2. The predicted molar refractivity (Wildman–Crippen MR) is 204 cm³/mol. The van der Waals surface area contributed by atoms with E-state index in [4.69, 9.17) is 10.8 Å². The monoisotopic (exact) mass is 659 g/mol. The number of unbranched alkanes of at least 4 members (excludes halogenated alkanes) is 1. The van der Waals surface area contributed by atoms with Crippen LogP contribution in [0.2, 0.25) is 0 Å². The van der Waals surface area contributed by atoms with Gasteiger partial charge in [-0.05, 0) is 98.6 Å². The number of azo groups is 1. The van der Waals surface area contributed by atoms with Crippen LogP contribution in [-0.4, -0.2) is 67.4 Å². The Morgan fingerprint density at radius 1 is 0.592 bits per heavy atom. The second kappa shape index (κ2) is 21.2. The van der Waals surface area contributed by atoms with Crippen molar-refractivity contribution < 1.29 is 0 Å². The average molecular weight is 660 g/mol. The summed E-state index contributed by atoms with van der Waals surface area (Å²) >= 11 is 0. The van der Waals surface area contributed by atoms with Crippen LogP contribution in [-0.2, 0) is 13.1 Å². The number of anilines is 1. The molecule has 0 bridgehead atoms. The lowest BCUT2D eigenvalue weighted by atomic mass is 10.2. The lowest BCUT2D eigenvalue weighted by Gasteiger charge is -2.20. The molecule has 258 valence electrons. The van der Waals surface area contributed by atoms with Gasteiger partial charge < -0.3 is 16.0 Å². The maximum atomic E-state index is 8.41. The smallest absolute Gasteiger partial charge is 0.129 e. The average Bonchev–Trinajstić information content (AvgIpc) is 3.15. The van der Waals surface area contributed by atoms with E-state index in [1.54, 1.807) is 0 Å². The summed E-state index contributed by atoms with van der Waals surface area (Å²) in [5, 5.41) is 35.2. The first-order chi connectivity index (χ1) is 24.0. The first-order valence-electron chi connectivity index (χ1n) is 17.5. The lowest BCUT2D eigenvalue weighted by Crippen LogP contribution is -2.29. The second-order valence-corrected chi connectivity index (χ2v) is 12.1. The van der Waals surface area contributed by atoms with Crippen LogP contribution in [0.25, 0.3) is 0 Å². The molecular weight excluding hydrogens is 607 g/mol. The van der Waals surface area contributed by atoms with E-state index >= 15 is 0 Å². The van der Waals surface area contributed by atoms with Crippen molar-refractivity contribution in [2.24, 2.45) is 10.2 Å². The minimum absolute atomic E-state index is 0.340. The maximum Gasteiger partial charge on any atom is 0.129 e. The van der Waals surface area contributed by atoms with E-state index < -0.39 is 0 Å². The summed E-state index contributed by atoms with van der Waals surface area (Å²) in [6.45, 7) is 12.3. The van der Waals surface area contributed by atoms with Crippen molar-refractivity contribution in [3.05, 3.63) is 131 Å². The number of hydrogen-bond acceptors (Lipinski definition) is 7. The first kappa shape index (κ1) is 37.0. The fourth-order valence-electron chi connectivity index (χ4n) is 5.47. The third-order valence-electron chi connectivity index (χ3n) is 8.42. The van der Waals surface area contributed by atoms with Crippen LogP contribution in [0.5, 0.6) is 0 Å². The van der Waals surface area contributed by atoms with E-state index in [0.29, 0.717) is 18.3 Å². The van der Waals surface area contributed by atoms with E-state index in [1.807, 2.05) is 54.6 Å². The van der Waals surface area contributed by atoms with E-state index in [0.717, 1.165) is 94.1 Å². The van der Waals surface area contributed by atoms with Gasteiger partial charge in [-0.1, -0.05) is 74.5 Å². The molecule has 0 spiro atoms. The zero-order chi connectivity index (χ0) is 34.5. The molecule has 0 radical (unpaired) electrons. The highest BCUT2D eigenvalue weighted by Crippen LogP contribution is 2.15. The molecule has 9 nitrogen and oxygen atoms in total. The Labute approximate surface area is 292 Å². The van der Waals surface area contributed by atoms with Gasteiger partial charge in [-0.3, -0.25) is 20.6 Å². The second-order valence-electron chi connectivity index (χ2n) is 12.1. The summed E-state index contributed by atoms with van der Waals surface area (Å²) < 4.78 is 0. The van der Waals surface area contributed by atoms with E-state index in [1.165, 1.54) is 11.1 Å². The number of rotatable bonds is 21. The fourth-order valence-corrected chi connectivity index (χ4v) is 5.47. The summed E-state index contributed by atoms with van der Waals surface area (Å²) in [6, 6.07) is 36.5. The molecule has 0 heterocycles. The van der Waals surface area contributed by atoms with Crippen molar-refractivity contribution in [3.63, 3.8) is 0 Å². The van der Waals surface area contributed by atoms with E-state index in [-0.39, 0.29) is 0 Å². The van der Waals surface area contributed by atoms with Crippen LogP contribution in [0.1, 0.15) is 55.4 Å². The van der Waals surface area contributed by atoms with Gasteiger partial charge in [-0.25, -0.2) is 0 Å². The molecule has 5 N–H and O–H groups in total. The molecule has 0 aliphatic carbocycles. The molecule has 0 saturated heterocycles. The number of nitrogens with zero attached hydrogens (tertiary/aromatic N) is 4. The number of benzene rings is 4. The van der Waals surface area contributed by atoms with Gasteiger partial charge in [0.2, 0.25) is 0 Å². The highest BCUT2D eigenvalue weighted by atomic mass is 15.2. The minimum Gasteiger partial charge on any atom is -0.370 e. The number of hydrogen-bond donors (Lipinski definition) is 5.